The van der Waals surface area contributed by atoms with Crippen LogP contribution < -0.4 is 5.32 Å². The van der Waals surface area contributed by atoms with Crippen molar-refractivity contribution in [1.29, 1.82) is 0 Å². The fraction of sp³-hybridized carbons (Fsp3) is 1.00. The van der Waals surface area contributed by atoms with E-state index in [1.54, 1.807) is 0 Å². The monoisotopic (exact) mass is 113 g/mol. The predicted molar refractivity (Wildman–Crippen MR) is 30.5 cm³/mol. The largest absolute Gasteiger partial charge is 0.361 e. The highest BCUT2D eigenvalue weighted by Crippen LogP contribution is 2.34. The molecule has 0 amide bonds. The maximum Gasteiger partial charge on any atom is 0.0970 e. The van der Waals surface area contributed by atoms with E-state index in [-0.39, 0.29) is 0 Å². The lowest BCUT2D eigenvalue weighted by atomic mass is 10.2. The summed E-state index contributed by atoms with van der Waals surface area (Å²) in [6.07, 6.45) is 3.36. The summed E-state index contributed by atoms with van der Waals surface area (Å²) >= 11 is 0. The van der Waals surface area contributed by atoms with Gasteiger partial charge in [0, 0.05) is 6.54 Å². The van der Waals surface area contributed by atoms with Crippen LogP contribution >= 0.6 is 0 Å². The van der Waals surface area contributed by atoms with Crippen molar-refractivity contribution in [1.82, 2.24) is 5.32 Å². The normalized spacial score (nSPS) is 38.2. The number of nitrogens with one attached hydrogen (secondary N) is 1. The maximum absolute atomic E-state index is 5.37. The Morgan fingerprint density at radius 3 is 2.75 bits per heavy atom. The summed E-state index contributed by atoms with van der Waals surface area (Å²) < 4.78 is 5.37. The average Bonchev–Trinajstić information content (AvgIpc) is 2.49. The molecule has 2 heteroatoms. The summed E-state index contributed by atoms with van der Waals surface area (Å²) in [4.78, 5) is 0. The predicted octanol–water partition coefficient (Wildman–Crippen LogP) is 0.342. The lowest BCUT2D eigenvalue weighted by molar-refractivity contribution is 0.0973. The molecule has 1 heterocycles. The van der Waals surface area contributed by atoms with Gasteiger partial charge in [-0.15, -0.1) is 0 Å². The van der Waals surface area contributed by atoms with E-state index in [0.717, 1.165) is 19.2 Å². The number of hydrogen-bond donors (Lipinski definition) is 1. The van der Waals surface area contributed by atoms with E-state index in [2.05, 4.69) is 5.32 Å². The molecule has 1 saturated heterocycles. The first-order valence-electron chi connectivity index (χ1n) is 3.29. The molecular formula is C6H11NO. The van der Waals surface area contributed by atoms with Gasteiger partial charge in [0.2, 0.25) is 0 Å². The molecule has 46 valence electrons. The van der Waals surface area contributed by atoms with Gasteiger partial charge in [0.15, 0.2) is 0 Å². The summed E-state index contributed by atoms with van der Waals surface area (Å²) in [7, 11) is 0. The van der Waals surface area contributed by atoms with E-state index in [4.69, 9.17) is 4.74 Å². The van der Waals surface area contributed by atoms with E-state index in [1.165, 1.54) is 12.8 Å². The van der Waals surface area contributed by atoms with Crippen LogP contribution in [0.4, 0.5) is 0 Å². The summed E-state index contributed by atoms with van der Waals surface area (Å²) in [6.45, 7) is 1.87. The van der Waals surface area contributed by atoms with Crippen molar-refractivity contribution in [3.63, 3.8) is 0 Å². The van der Waals surface area contributed by atoms with Crippen molar-refractivity contribution < 1.29 is 4.74 Å². The molecule has 2 rings (SSSR count). The van der Waals surface area contributed by atoms with Crippen LogP contribution in [-0.4, -0.2) is 19.4 Å². The van der Waals surface area contributed by atoms with E-state index >= 15 is 0 Å². The molecule has 1 N–H and O–H groups in total. The molecule has 2 aliphatic rings. The molecule has 0 bridgehead atoms. The van der Waals surface area contributed by atoms with Gasteiger partial charge < -0.3 is 4.74 Å². The first-order valence-corrected chi connectivity index (χ1v) is 3.29. The quantitative estimate of drug-likeness (QED) is 0.529. The summed E-state index contributed by atoms with van der Waals surface area (Å²) in [5.74, 6) is 0.907. The molecule has 0 aromatic heterocycles. The Bertz CT molecular complexity index is 84.5. The number of hydrogen-bond acceptors (Lipinski definition) is 2. The van der Waals surface area contributed by atoms with Crippen molar-refractivity contribution in [3.8, 4) is 0 Å². The second kappa shape index (κ2) is 1.71. The van der Waals surface area contributed by atoms with Crippen LogP contribution in [0.5, 0.6) is 0 Å². The smallest absolute Gasteiger partial charge is 0.0970 e. The minimum absolute atomic E-state index is 0.565. The molecule has 1 aliphatic heterocycles. The molecular weight excluding hydrogens is 102 g/mol. The third-order valence-corrected chi connectivity index (χ3v) is 1.89. The highest BCUT2D eigenvalue weighted by Gasteiger charge is 2.33. The third kappa shape index (κ3) is 0.740. The first kappa shape index (κ1) is 4.77. The lowest BCUT2D eigenvalue weighted by Crippen LogP contribution is -2.15. The van der Waals surface area contributed by atoms with E-state index < -0.39 is 0 Å². The van der Waals surface area contributed by atoms with Gasteiger partial charge in [-0.1, -0.05) is 0 Å². The van der Waals surface area contributed by atoms with Crippen LogP contribution in [0.25, 0.3) is 0 Å². The molecule has 8 heavy (non-hydrogen) atoms. The van der Waals surface area contributed by atoms with Gasteiger partial charge in [0.05, 0.1) is 12.8 Å². The van der Waals surface area contributed by atoms with E-state index in [9.17, 15) is 0 Å². The Morgan fingerprint density at radius 1 is 1.38 bits per heavy atom. The highest BCUT2D eigenvalue weighted by atomic mass is 16.5. The zero-order chi connectivity index (χ0) is 5.40. The van der Waals surface area contributed by atoms with Crippen LogP contribution in [0, 0.1) is 5.92 Å². The first-order chi connectivity index (χ1) is 3.97. The minimum atomic E-state index is 0.565. The third-order valence-electron chi connectivity index (χ3n) is 1.89. The van der Waals surface area contributed by atoms with Gasteiger partial charge in [-0.3, -0.25) is 5.32 Å². The minimum Gasteiger partial charge on any atom is -0.361 e. The second-order valence-electron chi connectivity index (χ2n) is 2.64. The lowest BCUT2D eigenvalue weighted by Gasteiger charge is -2.02. The number of rotatable bonds is 1. The summed E-state index contributed by atoms with van der Waals surface area (Å²) in [5, 5.41) is 3.17. The van der Waals surface area contributed by atoms with Crippen molar-refractivity contribution in [3.05, 3.63) is 0 Å². The average molecular weight is 113 g/mol. The van der Waals surface area contributed by atoms with Gasteiger partial charge in [-0.25, -0.2) is 0 Å². The second-order valence-corrected chi connectivity index (χ2v) is 2.64. The molecule has 2 nitrogen and oxygen atoms in total. The molecule has 0 aromatic rings. The van der Waals surface area contributed by atoms with Crippen molar-refractivity contribution in [2.24, 2.45) is 5.92 Å². The highest BCUT2D eigenvalue weighted by molar-refractivity contribution is 4.85. The van der Waals surface area contributed by atoms with Crippen LogP contribution in [-0.2, 0) is 4.74 Å². The molecule has 2 fully saturated rings. The van der Waals surface area contributed by atoms with Gasteiger partial charge in [-0.2, -0.15) is 0 Å². The van der Waals surface area contributed by atoms with Gasteiger partial charge in [0.1, 0.15) is 0 Å². The standard InChI is InChI=1S/C6H11NO/c1-2-5(1)6-3-7-4-8-6/h5-7H,1-4H2. The molecule has 1 unspecified atom stereocenters. The molecule has 1 atom stereocenters. The topological polar surface area (TPSA) is 21.3 Å². The van der Waals surface area contributed by atoms with Crippen LogP contribution in [0.2, 0.25) is 0 Å². The molecule has 0 radical (unpaired) electrons. The van der Waals surface area contributed by atoms with Crippen LogP contribution in [0.3, 0.4) is 0 Å². The molecule has 1 saturated carbocycles. The Balaban J connectivity index is 1.86. The van der Waals surface area contributed by atoms with Crippen LogP contribution in [0.1, 0.15) is 12.8 Å². The van der Waals surface area contributed by atoms with Gasteiger partial charge in [0.25, 0.3) is 0 Å². The fourth-order valence-electron chi connectivity index (χ4n) is 1.20. The van der Waals surface area contributed by atoms with Crippen molar-refractivity contribution in [2.75, 3.05) is 13.3 Å². The van der Waals surface area contributed by atoms with E-state index in [1.807, 2.05) is 0 Å². The summed E-state index contributed by atoms with van der Waals surface area (Å²) in [6, 6.07) is 0. The number of ether oxygens (including phenoxy) is 1. The molecule has 0 aromatic carbocycles. The van der Waals surface area contributed by atoms with Gasteiger partial charge >= 0.3 is 0 Å². The van der Waals surface area contributed by atoms with Crippen LogP contribution in [0.15, 0.2) is 0 Å². The Morgan fingerprint density at radius 2 is 2.25 bits per heavy atom. The zero-order valence-corrected chi connectivity index (χ0v) is 4.89. The van der Waals surface area contributed by atoms with E-state index in [0.29, 0.717) is 6.10 Å². The molecule has 0 spiro atoms. The molecule has 1 aliphatic carbocycles. The van der Waals surface area contributed by atoms with Gasteiger partial charge in [-0.05, 0) is 18.8 Å². The Labute approximate surface area is 49.2 Å². The maximum atomic E-state index is 5.37. The van der Waals surface area contributed by atoms with Crippen molar-refractivity contribution >= 4 is 0 Å². The fourth-order valence-corrected chi connectivity index (χ4v) is 1.20. The summed E-state index contributed by atoms with van der Waals surface area (Å²) in [5.41, 5.74) is 0. The zero-order valence-electron chi connectivity index (χ0n) is 4.89. The Hall–Kier alpha value is -0.0800. The SMILES string of the molecule is C1NCC(C2CC2)O1. The Kier molecular flexibility index (Phi) is 1.02. The van der Waals surface area contributed by atoms with Crippen molar-refractivity contribution in [2.45, 2.75) is 18.9 Å².